The minimum Gasteiger partial charge on any atom is -0.385 e. The molecule has 0 amide bonds. The Hall–Kier alpha value is -1.39. The molecule has 0 unspecified atom stereocenters. The Morgan fingerprint density at radius 2 is 1.95 bits per heavy atom. The van der Waals surface area contributed by atoms with Crippen molar-refractivity contribution in [3.63, 3.8) is 0 Å². The number of nitrogens with one attached hydrogen (secondary N) is 1. The number of hydrogen-bond donors (Lipinski definition) is 1. The molecule has 0 atom stereocenters. The van der Waals surface area contributed by atoms with Crippen molar-refractivity contribution in [1.29, 1.82) is 0 Å². The van der Waals surface area contributed by atoms with E-state index in [-0.39, 0.29) is 5.60 Å². The predicted molar refractivity (Wildman–Crippen MR) is 86.5 cm³/mol. The second kappa shape index (κ2) is 6.37. The molecular weight excluding hydrogens is 268 g/mol. The maximum Gasteiger partial charge on any atom is 0.0901 e. The number of aromatic nitrogens is 1. The van der Waals surface area contributed by atoms with Crippen molar-refractivity contribution in [3.05, 3.63) is 34.7 Å². The second-order valence-corrected chi connectivity index (χ2v) is 6.53. The van der Waals surface area contributed by atoms with E-state index < -0.39 is 0 Å². The number of thiazole rings is 1. The van der Waals surface area contributed by atoms with Gasteiger partial charge in [-0.1, -0.05) is 12.1 Å². The van der Waals surface area contributed by atoms with Crippen LogP contribution < -0.4 is 5.32 Å². The molecule has 2 rings (SSSR count). The molecule has 0 aliphatic heterocycles. The lowest BCUT2D eigenvalue weighted by Gasteiger charge is -2.23. The second-order valence-electron chi connectivity index (χ2n) is 5.47. The Kier molecular flexibility index (Phi) is 4.78. The van der Waals surface area contributed by atoms with E-state index in [2.05, 4.69) is 53.8 Å². The SMILES string of the molecule is COC(C)(C)CCNc1ccc(-c2csc(C)n2)cc1. The van der Waals surface area contributed by atoms with E-state index in [1.54, 1.807) is 18.4 Å². The lowest BCUT2D eigenvalue weighted by atomic mass is 10.1. The van der Waals surface area contributed by atoms with Crippen LogP contribution in [0.4, 0.5) is 5.69 Å². The number of rotatable bonds is 6. The van der Waals surface area contributed by atoms with Gasteiger partial charge in [-0.25, -0.2) is 4.98 Å². The van der Waals surface area contributed by atoms with Crippen molar-refractivity contribution >= 4 is 17.0 Å². The van der Waals surface area contributed by atoms with Crippen LogP contribution in [0.1, 0.15) is 25.3 Å². The quantitative estimate of drug-likeness (QED) is 0.859. The standard InChI is InChI=1S/C16H22N2OS/c1-12-18-15(11-20-12)13-5-7-14(8-6-13)17-10-9-16(2,3)19-4/h5-8,11,17H,9-10H2,1-4H3. The van der Waals surface area contributed by atoms with Crippen molar-refractivity contribution < 1.29 is 4.74 Å². The van der Waals surface area contributed by atoms with Gasteiger partial charge in [0, 0.05) is 30.3 Å². The molecule has 3 nitrogen and oxygen atoms in total. The molecule has 2 aromatic rings. The third-order valence-corrected chi connectivity index (χ3v) is 4.18. The van der Waals surface area contributed by atoms with E-state index in [0.717, 1.165) is 34.9 Å². The molecule has 0 saturated heterocycles. The van der Waals surface area contributed by atoms with Gasteiger partial charge >= 0.3 is 0 Å². The summed E-state index contributed by atoms with van der Waals surface area (Å²) < 4.78 is 5.41. The van der Waals surface area contributed by atoms with Crippen LogP contribution in [0.2, 0.25) is 0 Å². The average Bonchev–Trinajstić information content (AvgIpc) is 2.86. The molecule has 0 fully saturated rings. The molecule has 1 heterocycles. The molecule has 1 N–H and O–H groups in total. The third kappa shape index (κ3) is 4.05. The zero-order valence-corrected chi connectivity index (χ0v) is 13.4. The molecule has 20 heavy (non-hydrogen) atoms. The number of anilines is 1. The third-order valence-electron chi connectivity index (χ3n) is 3.41. The fourth-order valence-corrected chi connectivity index (χ4v) is 2.49. The highest BCUT2D eigenvalue weighted by Gasteiger charge is 2.15. The maximum atomic E-state index is 5.41. The lowest BCUT2D eigenvalue weighted by molar-refractivity contribution is 0.0185. The van der Waals surface area contributed by atoms with Crippen molar-refractivity contribution in [3.8, 4) is 11.3 Å². The normalized spacial score (nSPS) is 11.6. The summed E-state index contributed by atoms with van der Waals surface area (Å²) in [6, 6.07) is 8.42. The Morgan fingerprint density at radius 3 is 2.50 bits per heavy atom. The number of hydrogen-bond acceptors (Lipinski definition) is 4. The van der Waals surface area contributed by atoms with Crippen LogP contribution in [0.3, 0.4) is 0 Å². The zero-order valence-electron chi connectivity index (χ0n) is 12.6. The highest BCUT2D eigenvalue weighted by Crippen LogP contribution is 2.23. The lowest BCUT2D eigenvalue weighted by Crippen LogP contribution is -2.25. The molecule has 0 aliphatic rings. The molecular formula is C16H22N2OS. The smallest absolute Gasteiger partial charge is 0.0901 e. The van der Waals surface area contributed by atoms with Crippen LogP contribution in [0, 0.1) is 6.92 Å². The summed E-state index contributed by atoms with van der Waals surface area (Å²) in [4.78, 5) is 4.50. The molecule has 108 valence electrons. The molecule has 0 aliphatic carbocycles. The monoisotopic (exact) mass is 290 g/mol. The van der Waals surface area contributed by atoms with Gasteiger partial charge in [0.05, 0.1) is 16.3 Å². The summed E-state index contributed by atoms with van der Waals surface area (Å²) in [7, 11) is 1.75. The summed E-state index contributed by atoms with van der Waals surface area (Å²) in [6.07, 6.45) is 0.969. The molecule has 0 spiro atoms. The van der Waals surface area contributed by atoms with Gasteiger partial charge in [-0.15, -0.1) is 11.3 Å². The number of aryl methyl sites for hydroxylation is 1. The van der Waals surface area contributed by atoms with Gasteiger partial charge in [0.1, 0.15) is 0 Å². The highest BCUT2D eigenvalue weighted by molar-refractivity contribution is 7.09. The van der Waals surface area contributed by atoms with Crippen LogP contribution in [-0.2, 0) is 4.74 Å². The Morgan fingerprint density at radius 1 is 1.25 bits per heavy atom. The van der Waals surface area contributed by atoms with Gasteiger partial charge in [0.2, 0.25) is 0 Å². The number of nitrogens with zero attached hydrogens (tertiary/aromatic N) is 1. The van der Waals surface area contributed by atoms with Crippen LogP contribution in [0.5, 0.6) is 0 Å². The van der Waals surface area contributed by atoms with Crippen LogP contribution in [0.15, 0.2) is 29.6 Å². The highest BCUT2D eigenvalue weighted by atomic mass is 32.1. The van der Waals surface area contributed by atoms with E-state index in [1.807, 2.05) is 6.92 Å². The first-order chi connectivity index (χ1) is 9.50. The predicted octanol–water partition coefficient (Wildman–Crippen LogP) is 4.35. The van der Waals surface area contributed by atoms with E-state index >= 15 is 0 Å². The first-order valence-corrected chi connectivity index (χ1v) is 7.70. The van der Waals surface area contributed by atoms with Crippen molar-refractivity contribution in [2.75, 3.05) is 19.0 Å². The van der Waals surface area contributed by atoms with E-state index in [9.17, 15) is 0 Å². The molecule has 4 heteroatoms. The first kappa shape index (κ1) is 15.0. The van der Waals surface area contributed by atoms with Crippen molar-refractivity contribution in [2.45, 2.75) is 32.8 Å². The summed E-state index contributed by atoms with van der Waals surface area (Å²) in [5.41, 5.74) is 3.27. The molecule has 0 saturated carbocycles. The fraction of sp³-hybridized carbons (Fsp3) is 0.438. The van der Waals surface area contributed by atoms with Gasteiger partial charge in [0.25, 0.3) is 0 Å². The Labute approximate surface area is 125 Å². The van der Waals surface area contributed by atoms with Crippen LogP contribution >= 0.6 is 11.3 Å². The minimum absolute atomic E-state index is 0.0783. The Balaban J connectivity index is 1.92. The first-order valence-electron chi connectivity index (χ1n) is 6.82. The van der Waals surface area contributed by atoms with Gasteiger partial charge in [-0.2, -0.15) is 0 Å². The molecule has 1 aromatic carbocycles. The van der Waals surface area contributed by atoms with E-state index in [0.29, 0.717) is 0 Å². The number of methoxy groups -OCH3 is 1. The largest absolute Gasteiger partial charge is 0.385 e. The zero-order chi connectivity index (χ0) is 14.6. The summed E-state index contributed by atoms with van der Waals surface area (Å²) in [5.74, 6) is 0. The van der Waals surface area contributed by atoms with Crippen LogP contribution in [0.25, 0.3) is 11.3 Å². The van der Waals surface area contributed by atoms with Gasteiger partial charge in [-0.3, -0.25) is 0 Å². The van der Waals surface area contributed by atoms with Crippen molar-refractivity contribution in [2.24, 2.45) is 0 Å². The Bertz CT molecular complexity index is 546. The van der Waals surface area contributed by atoms with Crippen molar-refractivity contribution in [1.82, 2.24) is 4.98 Å². The molecule has 1 aromatic heterocycles. The molecule has 0 radical (unpaired) electrons. The fourth-order valence-electron chi connectivity index (χ4n) is 1.86. The van der Waals surface area contributed by atoms with Gasteiger partial charge < -0.3 is 10.1 Å². The summed E-state index contributed by atoms with van der Waals surface area (Å²) in [6.45, 7) is 7.13. The number of benzene rings is 1. The summed E-state index contributed by atoms with van der Waals surface area (Å²) in [5, 5.41) is 6.62. The average molecular weight is 290 g/mol. The van der Waals surface area contributed by atoms with E-state index in [1.165, 1.54) is 0 Å². The number of ether oxygens (including phenoxy) is 1. The van der Waals surface area contributed by atoms with Crippen LogP contribution in [-0.4, -0.2) is 24.2 Å². The minimum atomic E-state index is -0.0783. The van der Waals surface area contributed by atoms with Gasteiger partial charge in [0.15, 0.2) is 0 Å². The molecule has 0 bridgehead atoms. The van der Waals surface area contributed by atoms with E-state index in [4.69, 9.17) is 4.74 Å². The maximum absolute atomic E-state index is 5.41. The topological polar surface area (TPSA) is 34.1 Å². The summed E-state index contributed by atoms with van der Waals surface area (Å²) >= 11 is 1.68. The van der Waals surface area contributed by atoms with Gasteiger partial charge in [-0.05, 0) is 39.3 Å².